The van der Waals surface area contributed by atoms with E-state index >= 15 is 0 Å². The number of halogens is 1. The van der Waals surface area contributed by atoms with E-state index in [0.29, 0.717) is 5.15 Å². The maximum absolute atomic E-state index is 5.96. The molecule has 0 fully saturated rings. The molecule has 100 valence electrons. The van der Waals surface area contributed by atoms with Gasteiger partial charge in [0, 0.05) is 35.7 Å². The highest BCUT2D eigenvalue weighted by molar-refractivity contribution is 6.30. The first kappa shape index (κ1) is 12.7. The molecule has 20 heavy (non-hydrogen) atoms. The van der Waals surface area contributed by atoms with Gasteiger partial charge in [0.25, 0.3) is 0 Å². The Balaban J connectivity index is 1.99. The summed E-state index contributed by atoms with van der Waals surface area (Å²) >= 11 is 5.96. The summed E-state index contributed by atoms with van der Waals surface area (Å²) in [4.78, 5) is 8.33. The van der Waals surface area contributed by atoms with Gasteiger partial charge in [-0.15, -0.1) is 0 Å². The smallest absolute Gasteiger partial charge is 0.129 e. The van der Waals surface area contributed by atoms with E-state index in [1.54, 1.807) is 12.4 Å². The highest BCUT2D eigenvalue weighted by Gasteiger charge is 2.04. The summed E-state index contributed by atoms with van der Waals surface area (Å²) in [6.07, 6.45) is 3.43. The third kappa shape index (κ3) is 2.51. The molecule has 0 aliphatic carbocycles. The van der Waals surface area contributed by atoms with Crippen molar-refractivity contribution in [3.8, 4) is 0 Å². The number of pyridine rings is 2. The van der Waals surface area contributed by atoms with Crippen molar-refractivity contribution in [2.45, 2.75) is 0 Å². The standard InChI is InChI=1S/C15H13ClN4/c1-17-10-2-4-11(5-3-10)20-13-6-7-18-14-9-19-15(16)8-12(13)14/h2-9,17H,1H3,(H,18,20). The fourth-order valence-electron chi connectivity index (χ4n) is 2.01. The predicted molar refractivity (Wildman–Crippen MR) is 83.8 cm³/mol. The largest absolute Gasteiger partial charge is 0.388 e. The highest BCUT2D eigenvalue weighted by Crippen LogP contribution is 2.26. The number of hydrogen-bond acceptors (Lipinski definition) is 4. The molecule has 0 unspecified atom stereocenters. The summed E-state index contributed by atoms with van der Waals surface area (Å²) in [5.74, 6) is 0. The van der Waals surface area contributed by atoms with Crippen molar-refractivity contribution in [3.63, 3.8) is 0 Å². The second-order valence-electron chi connectivity index (χ2n) is 4.34. The average Bonchev–Trinajstić information content (AvgIpc) is 2.49. The fourth-order valence-corrected chi connectivity index (χ4v) is 2.17. The summed E-state index contributed by atoms with van der Waals surface area (Å²) in [5.41, 5.74) is 3.84. The normalized spacial score (nSPS) is 10.5. The van der Waals surface area contributed by atoms with Crippen LogP contribution < -0.4 is 10.6 Å². The van der Waals surface area contributed by atoms with Crippen LogP contribution in [0.5, 0.6) is 0 Å². The van der Waals surface area contributed by atoms with E-state index in [1.807, 2.05) is 43.4 Å². The zero-order valence-electron chi connectivity index (χ0n) is 10.9. The average molecular weight is 285 g/mol. The van der Waals surface area contributed by atoms with Crippen LogP contribution >= 0.6 is 11.6 Å². The van der Waals surface area contributed by atoms with Gasteiger partial charge in [-0.25, -0.2) is 4.98 Å². The lowest BCUT2D eigenvalue weighted by Crippen LogP contribution is -1.94. The SMILES string of the molecule is CNc1ccc(Nc2ccnc3cnc(Cl)cc23)cc1. The van der Waals surface area contributed by atoms with Crippen molar-refractivity contribution in [2.75, 3.05) is 17.7 Å². The second-order valence-corrected chi connectivity index (χ2v) is 4.72. The van der Waals surface area contributed by atoms with Gasteiger partial charge in [0.05, 0.1) is 11.7 Å². The Labute approximate surface area is 121 Å². The van der Waals surface area contributed by atoms with Crippen LogP contribution in [0.25, 0.3) is 10.9 Å². The Kier molecular flexibility index (Phi) is 3.39. The minimum Gasteiger partial charge on any atom is -0.388 e. The fraction of sp³-hybridized carbons (Fsp3) is 0.0667. The molecule has 0 amide bonds. The molecule has 0 radical (unpaired) electrons. The maximum Gasteiger partial charge on any atom is 0.129 e. The Morgan fingerprint density at radius 3 is 2.50 bits per heavy atom. The first-order valence-corrected chi connectivity index (χ1v) is 6.59. The van der Waals surface area contributed by atoms with Gasteiger partial charge in [0.15, 0.2) is 0 Å². The van der Waals surface area contributed by atoms with Crippen molar-refractivity contribution < 1.29 is 0 Å². The molecule has 0 spiro atoms. The summed E-state index contributed by atoms with van der Waals surface area (Å²) in [7, 11) is 1.90. The van der Waals surface area contributed by atoms with Crippen LogP contribution in [0, 0.1) is 0 Å². The quantitative estimate of drug-likeness (QED) is 0.712. The molecule has 4 nitrogen and oxygen atoms in total. The number of nitrogens with zero attached hydrogens (tertiary/aromatic N) is 2. The molecule has 0 aliphatic heterocycles. The number of nitrogens with one attached hydrogen (secondary N) is 2. The second kappa shape index (κ2) is 5.35. The summed E-state index contributed by atoms with van der Waals surface area (Å²) < 4.78 is 0. The topological polar surface area (TPSA) is 49.8 Å². The van der Waals surface area contributed by atoms with Crippen LogP contribution in [-0.2, 0) is 0 Å². The number of anilines is 3. The Morgan fingerprint density at radius 1 is 1.00 bits per heavy atom. The van der Waals surface area contributed by atoms with Crippen molar-refractivity contribution in [1.29, 1.82) is 0 Å². The van der Waals surface area contributed by atoms with Crippen LogP contribution in [0.1, 0.15) is 0 Å². The van der Waals surface area contributed by atoms with E-state index in [2.05, 4.69) is 20.6 Å². The molecule has 2 heterocycles. The molecule has 0 bridgehead atoms. The zero-order chi connectivity index (χ0) is 13.9. The Hall–Kier alpha value is -2.33. The molecule has 2 N–H and O–H groups in total. The Morgan fingerprint density at radius 2 is 1.75 bits per heavy atom. The molecule has 0 saturated carbocycles. The predicted octanol–water partition coefficient (Wildman–Crippen LogP) is 4.07. The Bertz CT molecular complexity index is 740. The van der Waals surface area contributed by atoms with E-state index in [9.17, 15) is 0 Å². The van der Waals surface area contributed by atoms with Crippen LogP contribution in [0.15, 0.2) is 48.8 Å². The van der Waals surface area contributed by atoms with Gasteiger partial charge in [-0.05, 0) is 36.4 Å². The lowest BCUT2D eigenvalue weighted by atomic mass is 10.2. The maximum atomic E-state index is 5.96. The molecule has 0 atom stereocenters. The van der Waals surface area contributed by atoms with Crippen LogP contribution in [0.2, 0.25) is 5.15 Å². The number of fused-ring (bicyclic) bond motifs is 1. The van der Waals surface area contributed by atoms with Crippen LogP contribution in [0.3, 0.4) is 0 Å². The van der Waals surface area contributed by atoms with Crippen molar-refractivity contribution in [2.24, 2.45) is 0 Å². The number of benzene rings is 1. The third-order valence-corrected chi connectivity index (χ3v) is 3.25. The van der Waals surface area contributed by atoms with Gasteiger partial charge in [-0.1, -0.05) is 11.6 Å². The molecule has 3 aromatic rings. The zero-order valence-corrected chi connectivity index (χ0v) is 11.6. The van der Waals surface area contributed by atoms with Gasteiger partial charge in [0.1, 0.15) is 5.15 Å². The van der Waals surface area contributed by atoms with E-state index in [-0.39, 0.29) is 0 Å². The van der Waals surface area contributed by atoms with Crippen molar-refractivity contribution in [3.05, 3.63) is 53.9 Å². The highest BCUT2D eigenvalue weighted by atomic mass is 35.5. The molecule has 0 aliphatic rings. The minimum absolute atomic E-state index is 0.457. The molecule has 5 heteroatoms. The first-order valence-electron chi connectivity index (χ1n) is 6.21. The van der Waals surface area contributed by atoms with E-state index in [1.165, 1.54) is 0 Å². The summed E-state index contributed by atoms with van der Waals surface area (Å²) in [5, 5.41) is 7.87. The van der Waals surface area contributed by atoms with Gasteiger partial charge in [0.2, 0.25) is 0 Å². The van der Waals surface area contributed by atoms with Crippen molar-refractivity contribution in [1.82, 2.24) is 9.97 Å². The summed E-state index contributed by atoms with van der Waals surface area (Å²) in [6.45, 7) is 0. The van der Waals surface area contributed by atoms with Gasteiger partial charge < -0.3 is 10.6 Å². The van der Waals surface area contributed by atoms with E-state index < -0.39 is 0 Å². The van der Waals surface area contributed by atoms with E-state index in [0.717, 1.165) is 28.0 Å². The van der Waals surface area contributed by atoms with Gasteiger partial charge >= 0.3 is 0 Å². The molecular formula is C15H13ClN4. The molecule has 2 aromatic heterocycles. The number of rotatable bonds is 3. The minimum atomic E-state index is 0.457. The van der Waals surface area contributed by atoms with Crippen molar-refractivity contribution >= 4 is 39.6 Å². The van der Waals surface area contributed by atoms with Crippen LogP contribution in [-0.4, -0.2) is 17.0 Å². The van der Waals surface area contributed by atoms with Gasteiger partial charge in [-0.2, -0.15) is 0 Å². The lowest BCUT2D eigenvalue weighted by molar-refractivity contribution is 1.31. The van der Waals surface area contributed by atoms with E-state index in [4.69, 9.17) is 11.6 Å². The van der Waals surface area contributed by atoms with Crippen LogP contribution in [0.4, 0.5) is 17.1 Å². The monoisotopic (exact) mass is 284 g/mol. The third-order valence-electron chi connectivity index (χ3n) is 3.05. The summed E-state index contributed by atoms with van der Waals surface area (Å²) in [6, 6.07) is 11.8. The van der Waals surface area contributed by atoms with Gasteiger partial charge in [-0.3, -0.25) is 4.98 Å². The lowest BCUT2D eigenvalue weighted by Gasteiger charge is -2.10. The molecule has 3 rings (SSSR count). The molecule has 0 saturated heterocycles. The first-order chi connectivity index (χ1) is 9.76. The molecular weight excluding hydrogens is 272 g/mol. The number of aromatic nitrogens is 2. The molecule has 1 aromatic carbocycles. The number of hydrogen-bond donors (Lipinski definition) is 2.